The molecule has 1 fully saturated rings. The zero-order valence-corrected chi connectivity index (χ0v) is 25.5. The van der Waals surface area contributed by atoms with E-state index in [4.69, 9.17) is 9.47 Å². The Labute approximate surface area is 252 Å². The molecule has 1 heterocycles. The molecule has 11 heteroatoms. The average Bonchev–Trinajstić information content (AvgIpc) is 2.94. The molecule has 230 valence electrons. The molecule has 0 spiro atoms. The second-order valence-corrected chi connectivity index (χ2v) is 12.0. The quantitative estimate of drug-likeness (QED) is 0.133. The number of aryl methyl sites for hydroxylation is 1. The summed E-state index contributed by atoms with van der Waals surface area (Å²) in [6.07, 6.45) is 3.45. The molecule has 0 aliphatic carbocycles. The smallest absolute Gasteiger partial charge is 0.308 e. The molecule has 9 nitrogen and oxygen atoms in total. The van der Waals surface area contributed by atoms with Crippen molar-refractivity contribution in [3.8, 4) is 5.75 Å². The van der Waals surface area contributed by atoms with Crippen LogP contribution in [0.4, 0.5) is 10.1 Å². The monoisotopic (exact) mass is 612 g/mol. The number of esters is 2. The number of sulfonamides is 1. The largest absolute Gasteiger partial charge is 0.458 e. The van der Waals surface area contributed by atoms with Crippen LogP contribution in [0.5, 0.6) is 5.75 Å². The number of amides is 1. The van der Waals surface area contributed by atoms with Gasteiger partial charge in [-0.2, -0.15) is 0 Å². The number of anilines is 1. The van der Waals surface area contributed by atoms with Crippen molar-refractivity contribution in [3.05, 3.63) is 95.3 Å². The summed E-state index contributed by atoms with van der Waals surface area (Å²) in [5.74, 6) is -0.435. The summed E-state index contributed by atoms with van der Waals surface area (Å²) in [4.78, 5) is 35.8. The number of carbonyl (C=O) groups is 3. The van der Waals surface area contributed by atoms with Crippen LogP contribution in [-0.2, 0) is 35.6 Å². The van der Waals surface area contributed by atoms with Crippen molar-refractivity contribution in [2.75, 3.05) is 17.7 Å². The van der Waals surface area contributed by atoms with E-state index >= 15 is 0 Å². The maximum Gasteiger partial charge on any atom is 0.308 e. The van der Waals surface area contributed by atoms with Crippen molar-refractivity contribution in [2.24, 2.45) is 0 Å². The molecule has 43 heavy (non-hydrogen) atoms. The summed E-state index contributed by atoms with van der Waals surface area (Å²) in [6, 6.07) is 20.9. The maximum atomic E-state index is 12.6. The van der Waals surface area contributed by atoms with Crippen LogP contribution in [0, 0.1) is 5.82 Å². The van der Waals surface area contributed by atoms with Crippen LogP contribution in [0.25, 0.3) is 0 Å². The normalized spacial score (nSPS) is 15.0. The number of nitrogens with zero attached hydrogens (tertiary/aromatic N) is 1. The van der Waals surface area contributed by atoms with Crippen molar-refractivity contribution in [3.63, 3.8) is 0 Å². The predicted molar refractivity (Wildman–Crippen MR) is 161 cm³/mol. The average molecular weight is 613 g/mol. The standard InChI is InChI=1S/C21H24N2O5S.C11H13FO2/c1-15(24)28-19-11-7-17(8-12-19)20-14-21(25)23(20)18-9-5-16(6-10-18)4-3-13-22-29(2,26)27;1-3-11(14-8(2)13)9-4-6-10(12)7-5-9/h5-12,20,22H,3-4,13-14H2,1-2H3;4-7,11H,3H2,1-2H3/t20-;11-/m00/s1. The minimum absolute atomic E-state index is 0.0429. The minimum atomic E-state index is -3.16. The Morgan fingerprint density at radius 1 is 0.977 bits per heavy atom. The summed E-state index contributed by atoms with van der Waals surface area (Å²) >= 11 is 0. The molecule has 0 aromatic heterocycles. The highest BCUT2D eigenvalue weighted by Crippen LogP contribution is 2.39. The molecule has 4 rings (SSSR count). The van der Waals surface area contributed by atoms with E-state index in [1.54, 1.807) is 29.2 Å². The second-order valence-electron chi connectivity index (χ2n) is 10.1. The maximum absolute atomic E-state index is 12.6. The van der Waals surface area contributed by atoms with Gasteiger partial charge in [0.25, 0.3) is 0 Å². The Hall–Kier alpha value is -4.09. The Morgan fingerprint density at radius 3 is 2.12 bits per heavy atom. The first-order valence-corrected chi connectivity index (χ1v) is 15.8. The van der Waals surface area contributed by atoms with Crippen molar-refractivity contribution >= 4 is 33.6 Å². The Bertz CT molecular complexity index is 1490. The van der Waals surface area contributed by atoms with Crippen LogP contribution < -0.4 is 14.4 Å². The van der Waals surface area contributed by atoms with Crippen LogP contribution >= 0.6 is 0 Å². The molecule has 0 saturated carbocycles. The Morgan fingerprint density at radius 2 is 1.60 bits per heavy atom. The zero-order valence-electron chi connectivity index (χ0n) is 24.7. The first-order chi connectivity index (χ1) is 20.4. The van der Waals surface area contributed by atoms with E-state index in [-0.39, 0.29) is 35.8 Å². The molecular formula is C32H37FN2O7S. The highest BCUT2D eigenvalue weighted by molar-refractivity contribution is 7.88. The fourth-order valence-corrected chi connectivity index (χ4v) is 5.08. The van der Waals surface area contributed by atoms with Gasteiger partial charge < -0.3 is 14.4 Å². The van der Waals surface area contributed by atoms with Gasteiger partial charge in [-0.1, -0.05) is 43.3 Å². The van der Waals surface area contributed by atoms with E-state index in [0.717, 1.165) is 35.1 Å². The summed E-state index contributed by atoms with van der Waals surface area (Å²) in [5.41, 5.74) is 3.72. The highest BCUT2D eigenvalue weighted by atomic mass is 32.2. The van der Waals surface area contributed by atoms with Crippen LogP contribution in [0.3, 0.4) is 0 Å². The number of nitrogens with one attached hydrogen (secondary N) is 1. The van der Waals surface area contributed by atoms with E-state index < -0.39 is 10.0 Å². The molecule has 3 aromatic rings. The van der Waals surface area contributed by atoms with Gasteiger partial charge >= 0.3 is 11.9 Å². The number of benzene rings is 3. The first kappa shape index (κ1) is 33.4. The van der Waals surface area contributed by atoms with Gasteiger partial charge in [0.05, 0.1) is 18.7 Å². The lowest BCUT2D eigenvalue weighted by Crippen LogP contribution is -2.46. The highest BCUT2D eigenvalue weighted by Gasteiger charge is 2.38. The van der Waals surface area contributed by atoms with E-state index in [1.807, 2.05) is 43.3 Å². The number of rotatable bonds is 11. The molecule has 1 amide bonds. The molecule has 2 atom stereocenters. The topological polar surface area (TPSA) is 119 Å². The van der Waals surface area contributed by atoms with Crippen molar-refractivity contribution < 1.29 is 36.7 Å². The van der Waals surface area contributed by atoms with E-state index in [1.165, 1.54) is 26.0 Å². The number of hydrogen-bond donors (Lipinski definition) is 1. The number of β-lactam (4-membered cyclic amide) rings is 1. The van der Waals surface area contributed by atoms with Crippen molar-refractivity contribution in [1.82, 2.24) is 4.72 Å². The summed E-state index contributed by atoms with van der Waals surface area (Å²) < 4.78 is 47.3. The lowest BCUT2D eigenvalue weighted by Gasteiger charge is -2.41. The second kappa shape index (κ2) is 15.4. The van der Waals surface area contributed by atoms with Crippen LogP contribution in [0.15, 0.2) is 72.8 Å². The van der Waals surface area contributed by atoms with E-state index in [0.29, 0.717) is 31.6 Å². The molecule has 1 aliphatic rings. The third-order valence-corrected chi connectivity index (χ3v) is 7.35. The lowest BCUT2D eigenvalue weighted by atomic mass is 9.92. The molecule has 0 radical (unpaired) electrons. The summed E-state index contributed by atoms with van der Waals surface area (Å²) in [5, 5.41) is 0. The number of hydrogen-bond acceptors (Lipinski definition) is 7. The number of halogens is 1. The SMILES string of the molecule is CC(=O)Oc1ccc([C@@H]2CC(=O)N2c2ccc(CCCNS(C)(=O)=O)cc2)cc1.CC[C@H](OC(C)=O)c1ccc(F)cc1. The molecule has 0 bridgehead atoms. The van der Waals surface area contributed by atoms with Gasteiger partial charge in [0.15, 0.2) is 0 Å². The Kier molecular flexibility index (Phi) is 12.0. The zero-order chi connectivity index (χ0) is 31.6. The van der Waals surface area contributed by atoms with Crippen molar-refractivity contribution in [1.29, 1.82) is 0 Å². The molecule has 0 unspecified atom stereocenters. The minimum Gasteiger partial charge on any atom is -0.458 e. The third-order valence-electron chi connectivity index (χ3n) is 6.62. The number of ether oxygens (including phenoxy) is 2. The Balaban J connectivity index is 0.000000303. The summed E-state index contributed by atoms with van der Waals surface area (Å²) in [7, 11) is -3.16. The first-order valence-electron chi connectivity index (χ1n) is 13.9. The predicted octanol–water partition coefficient (Wildman–Crippen LogP) is 5.41. The van der Waals surface area contributed by atoms with Crippen LogP contribution in [0.2, 0.25) is 0 Å². The van der Waals surface area contributed by atoms with E-state index in [2.05, 4.69) is 4.72 Å². The van der Waals surface area contributed by atoms with Gasteiger partial charge in [0.2, 0.25) is 15.9 Å². The van der Waals surface area contributed by atoms with Crippen molar-refractivity contribution in [2.45, 2.75) is 58.6 Å². The van der Waals surface area contributed by atoms with Gasteiger partial charge in [-0.15, -0.1) is 0 Å². The molecule has 1 saturated heterocycles. The van der Waals surface area contributed by atoms with E-state index in [9.17, 15) is 27.2 Å². The third kappa shape index (κ3) is 10.6. The molecular weight excluding hydrogens is 575 g/mol. The van der Waals surface area contributed by atoms with Gasteiger partial charge in [-0.05, 0) is 72.4 Å². The van der Waals surface area contributed by atoms with Crippen LogP contribution in [0.1, 0.15) is 68.9 Å². The van der Waals surface area contributed by atoms with Gasteiger partial charge in [0.1, 0.15) is 17.7 Å². The summed E-state index contributed by atoms with van der Waals surface area (Å²) in [6.45, 7) is 5.03. The van der Waals surface area contributed by atoms with Gasteiger partial charge in [-0.3, -0.25) is 14.4 Å². The van der Waals surface area contributed by atoms with Gasteiger partial charge in [0, 0.05) is 26.1 Å². The fraction of sp³-hybridized carbons (Fsp3) is 0.344. The lowest BCUT2D eigenvalue weighted by molar-refractivity contribution is -0.147. The molecule has 3 aromatic carbocycles. The molecule has 1 aliphatic heterocycles. The fourth-order valence-electron chi connectivity index (χ4n) is 4.57. The molecule has 1 N–H and O–H groups in total. The van der Waals surface area contributed by atoms with Crippen LogP contribution in [-0.4, -0.2) is 39.1 Å². The van der Waals surface area contributed by atoms with Gasteiger partial charge in [-0.25, -0.2) is 17.5 Å². The number of carbonyl (C=O) groups excluding carboxylic acids is 3.